The number of carbonyl (C=O) groups is 2. The third-order valence-electron chi connectivity index (χ3n) is 3.61. The van der Waals surface area contributed by atoms with Gasteiger partial charge in [0, 0.05) is 5.56 Å². The number of esters is 1. The predicted molar refractivity (Wildman–Crippen MR) is 111 cm³/mol. The maximum Gasteiger partial charge on any atom is 0.324 e. The zero-order valence-corrected chi connectivity index (χ0v) is 17.4. The average molecular weight is 449 g/mol. The smallest absolute Gasteiger partial charge is 0.324 e. The van der Waals surface area contributed by atoms with Gasteiger partial charge in [0.25, 0.3) is 0 Å². The van der Waals surface area contributed by atoms with E-state index >= 15 is 0 Å². The fourth-order valence-electron chi connectivity index (χ4n) is 2.06. The molecular formula is C21H19BrClNO3. The first-order chi connectivity index (χ1) is 12.8. The number of hydrogen-bond donors (Lipinski definition) is 1. The lowest BCUT2D eigenvalue weighted by molar-refractivity contribution is -0.152. The molecule has 0 saturated carbocycles. The van der Waals surface area contributed by atoms with Gasteiger partial charge < -0.3 is 10.1 Å². The summed E-state index contributed by atoms with van der Waals surface area (Å²) in [7, 11) is 0. The van der Waals surface area contributed by atoms with Gasteiger partial charge in [0.1, 0.15) is 12.0 Å². The third-order valence-corrected chi connectivity index (χ3v) is 4.43. The van der Waals surface area contributed by atoms with Gasteiger partial charge in [0.2, 0.25) is 5.91 Å². The molecule has 2 aromatic carbocycles. The van der Waals surface area contributed by atoms with E-state index in [-0.39, 0.29) is 17.8 Å². The van der Waals surface area contributed by atoms with Crippen molar-refractivity contribution in [3.05, 3.63) is 64.7 Å². The lowest BCUT2D eigenvalue weighted by atomic mass is 9.94. The molecule has 4 nitrogen and oxygen atoms in total. The molecule has 140 valence electrons. The lowest BCUT2D eigenvalue weighted by Crippen LogP contribution is -2.24. The van der Waals surface area contributed by atoms with Crippen LogP contribution in [0.2, 0.25) is 5.02 Å². The first kappa shape index (κ1) is 21.0. The molecule has 0 unspecified atom stereocenters. The Morgan fingerprint density at radius 2 is 1.89 bits per heavy atom. The maximum atomic E-state index is 12.3. The molecule has 1 N–H and O–H groups in total. The Labute approximate surface area is 172 Å². The largest absolute Gasteiger partial charge is 0.460 e. The van der Waals surface area contributed by atoms with E-state index < -0.39 is 11.4 Å². The summed E-state index contributed by atoms with van der Waals surface area (Å²) in [5.74, 6) is 5.28. The van der Waals surface area contributed by atoms with Crippen LogP contribution in [0.5, 0.6) is 0 Å². The summed E-state index contributed by atoms with van der Waals surface area (Å²) < 4.78 is 5.36. The van der Waals surface area contributed by atoms with Gasteiger partial charge in [-0.25, -0.2) is 0 Å². The van der Waals surface area contributed by atoms with Crippen LogP contribution in [0.4, 0.5) is 5.69 Å². The molecule has 2 aromatic rings. The normalized spacial score (nSPS) is 10.5. The quantitative estimate of drug-likeness (QED) is 0.406. The van der Waals surface area contributed by atoms with E-state index in [1.54, 1.807) is 32.0 Å². The highest BCUT2D eigenvalue weighted by atomic mass is 79.9. The van der Waals surface area contributed by atoms with Crippen molar-refractivity contribution in [2.24, 2.45) is 5.41 Å². The zero-order chi connectivity index (χ0) is 19.9. The molecule has 0 saturated heterocycles. The van der Waals surface area contributed by atoms with Crippen LogP contribution < -0.4 is 5.32 Å². The summed E-state index contributed by atoms with van der Waals surface area (Å²) in [5.41, 5.74) is 1.10. The van der Waals surface area contributed by atoms with Crippen molar-refractivity contribution < 1.29 is 14.3 Å². The summed E-state index contributed by atoms with van der Waals surface area (Å²) in [6, 6.07) is 14.5. The first-order valence-electron chi connectivity index (χ1n) is 8.21. The minimum absolute atomic E-state index is 0.185. The monoisotopic (exact) mass is 447 g/mol. The van der Waals surface area contributed by atoms with E-state index in [1.165, 1.54) is 0 Å². The van der Waals surface area contributed by atoms with Crippen molar-refractivity contribution in [1.82, 2.24) is 0 Å². The van der Waals surface area contributed by atoms with E-state index in [0.29, 0.717) is 16.3 Å². The van der Waals surface area contributed by atoms with Gasteiger partial charge in [-0.15, -0.1) is 0 Å². The SMILES string of the molecule is CC(C)(C#Cc1ccc(NC(=O)CBr)c(Cl)c1)C(=O)OCc1ccccc1. The molecule has 6 heteroatoms. The van der Waals surface area contributed by atoms with Gasteiger partial charge in [0.05, 0.1) is 16.0 Å². The summed E-state index contributed by atoms with van der Waals surface area (Å²) in [4.78, 5) is 23.8. The van der Waals surface area contributed by atoms with E-state index in [1.807, 2.05) is 30.3 Å². The Bertz CT molecular complexity index is 885. The molecule has 27 heavy (non-hydrogen) atoms. The topological polar surface area (TPSA) is 55.4 Å². The fraction of sp³-hybridized carbons (Fsp3) is 0.238. The molecular weight excluding hydrogens is 430 g/mol. The van der Waals surface area contributed by atoms with Gasteiger partial charge in [-0.2, -0.15) is 0 Å². The Kier molecular flexibility index (Phi) is 7.46. The second-order valence-corrected chi connectivity index (χ2v) is 7.28. The second-order valence-electron chi connectivity index (χ2n) is 6.31. The Morgan fingerprint density at radius 1 is 1.19 bits per heavy atom. The Hall–Kier alpha value is -2.29. The molecule has 0 aliphatic rings. The standard InChI is InChI=1S/C21H19BrClNO3/c1-21(2,20(26)27-14-16-6-4-3-5-7-16)11-10-15-8-9-18(17(23)12-15)24-19(25)13-22/h3-9,12H,13-14H2,1-2H3,(H,24,25). The number of hydrogen-bond acceptors (Lipinski definition) is 3. The molecule has 0 heterocycles. The first-order valence-corrected chi connectivity index (χ1v) is 9.71. The van der Waals surface area contributed by atoms with Crippen molar-refractivity contribution >= 4 is 45.1 Å². The number of anilines is 1. The number of ether oxygens (including phenoxy) is 1. The number of carbonyl (C=O) groups excluding carboxylic acids is 2. The summed E-state index contributed by atoms with van der Waals surface area (Å²) >= 11 is 9.25. The molecule has 0 spiro atoms. The molecule has 0 radical (unpaired) electrons. The molecule has 0 fully saturated rings. The highest BCUT2D eigenvalue weighted by Crippen LogP contribution is 2.23. The molecule has 0 aromatic heterocycles. The van der Waals surface area contributed by atoms with Crippen LogP contribution in [0.1, 0.15) is 25.0 Å². The number of alkyl halides is 1. The van der Waals surface area contributed by atoms with Crippen molar-refractivity contribution in [2.45, 2.75) is 20.5 Å². The van der Waals surface area contributed by atoms with Crippen LogP contribution in [0.3, 0.4) is 0 Å². The number of nitrogens with one attached hydrogen (secondary N) is 1. The minimum atomic E-state index is -0.968. The second kappa shape index (κ2) is 9.59. The molecule has 2 rings (SSSR count). The van der Waals surface area contributed by atoms with Crippen LogP contribution in [0.15, 0.2) is 48.5 Å². The van der Waals surface area contributed by atoms with Gasteiger partial charge >= 0.3 is 5.97 Å². The molecule has 0 aliphatic heterocycles. The summed E-state index contributed by atoms with van der Waals surface area (Å²) in [6.45, 7) is 3.62. The highest BCUT2D eigenvalue weighted by molar-refractivity contribution is 9.09. The lowest BCUT2D eigenvalue weighted by Gasteiger charge is -2.16. The Morgan fingerprint density at radius 3 is 2.52 bits per heavy atom. The van der Waals surface area contributed by atoms with Gasteiger partial charge in [-0.3, -0.25) is 9.59 Å². The number of benzene rings is 2. The molecule has 0 bridgehead atoms. The van der Waals surface area contributed by atoms with Crippen LogP contribution >= 0.6 is 27.5 Å². The zero-order valence-electron chi connectivity index (χ0n) is 15.0. The average Bonchev–Trinajstić information content (AvgIpc) is 2.67. The van der Waals surface area contributed by atoms with Crippen LogP contribution in [-0.4, -0.2) is 17.2 Å². The van der Waals surface area contributed by atoms with E-state index in [9.17, 15) is 9.59 Å². The van der Waals surface area contributed by atoms with E-state index in [0.717, 1.165) is 5.56 Å². The van der Waals surface area contributed by atoms with Crippen LogP contribution in [0.25, 0.3) is 0 Å². The van der Waals surface area contributed by atoms with Crippen LogP contribution in [0, 0.1) is 17.3 Å². The highest BCUT2D eigenvalue weighted by Gasteiger charge is 2.27. The minimum Gasteiger partial charge on any atom is -0.460 e. The predicted octanol–water partition coefficient (Wildman–Crippen LogP) is 4.79. The van der Waals surface area contributed by atoms with E-state index in [4.69, 9.17) is 16.3 Å². The molecule has 1 amide bonds. The maximum absolute atomic E-state index is 12.3. The van der Waals surface area contributed by atoms with Gasteiger partial charge in [0.15, 0.2) is 0 Å². The number of amides is 1. The van der Waals surface area contributed by atoms with Crippen molar-refractivity contribution in [3.63, 3.8) is 0 Å². The van der Waals surface area contributed by atoms with E-state index in [2.05, 4.69) is 33.1 Å². The van der Waals surface area contributed by atoms with Gasteiger partial charge in [-0.05, 0) is 37.6 Å². The van der Waals surface area contributed by atoms with Crippen molar-refractivity contribution in [2.75, 3.05) is 10.6 Å². The van der Waals surface area contributed by atoms with Crippen molar-refractivity contribution in [1.29, 1.82) is 0 Å². The fourth-order valence-corrected chi connectivity index (χ4v) is 2.43. The number of rotatable bonds is 5. The number of halogens is 2. The Balaban J connectivity index is 2.04. The summed E-state index contributed by atoms with van der Waals surface area (Å²) in [6.07, 6.45) is 0. The van der Waals surface area contributed by atoms with Crippen molar-refractivity contribution in [3.8, 4) is 11.8 Å². The van der Waals surface area contributed by atoms with Crippen LogP contribution in [-0.2, 0) is 20.9 Å². The summed E-state index contributed by atoms with van der Waals surface area (Å²) in [5, 5.41) is 3.23. The van der Waals surface area contributed by atoms with Gasteiger partial charge in [-0.1, -0.05) is 69.7 Å². The third kappa shape index (κ3) is 6.42. The molecule has 0 aliphatic carbocycles. The molecule has 0 atom stereocenters.